The molecule has 0 aliphatic carbocycles. The highest BCUT2D eigenvalue weighted by molar-refractivity contribution is 5.85. The number of rotatable bonds is 5. The Labute approximate surface area is 135 Å². The molecule has 1 rings (SSSR count). The molecular formula is C17H17N3O3. The Morgan fingerprint density at radius 1 is 1.30 bits per heavy atom. The van der Waals surface area contributed by atoms with Crippen LogP contribution in [-0.4, -0.2) is 19.7 Å². The third-order valence-corrected chi connectivity index (χ3v) is 3.77. The average Bonchev–Trinajstić information content (AvgIpc) is 2.54. The summed E-state index contributed by atoms with van der Waals surface area (Å²) in [7, 11) is 1.41. The van der Waals surface area contributed by atoms with Crippen LogP contribution in [0.4, 0.5) is 0 Å². The Hall–Kier alpha value is -3.04. The van der Waals surface area contributed by atoms with E-state index in [0.717, 1.165) is 0 Å². The molecule has 6 nitrogen and oxygen atoms in total. The zero-order valence-electron chi connectivity index (χ0n) is 13.5. The molecule has 118 valence electrons. The number of nitriles is 3. The van der Waals surface area contributed by atoms with E-state index in [1.807, 2.05) is 18.2 Å². The second-order valence-corrected chi connectivity index (χ2v) is 5.10. The van der Waals surface area contributed by atoms with Crippen LogP contribution in [0.3, 0.4) is 0 Å². The highest BCUT2D eigenvalue weighted by Crippen LogP contribution is 2.37. The van der Waals surface area contributed by atoms with E-state index >= 15 is 0 Å². The molecule has 0 aromatic heterocycles. The molecule has 0 saturated carbocycles. The van der Waals surface area contributed by atoms with Crippen molar-refractivity contribution in [1.82, 2.24) is 0 Å². The van der Waals surface area contributed by atoms with E-state index in [1.165, 1.54) is 20.1 Å². The number of nitrogens with zero attached hydrogens (tertiary/aromatic N) is 3. The van der Waals surface area contributed by atoms with E-state index in [2.05, 4.69) is 0 Å². The van der Waals surface area contributed by atoms with Gasteiger partial charge >= 0.3 is 5.97 Å². The first-order chi connectivity index (χ1) is 10.9. The maximum Gasteiger partial charge on any atom is 0.318 e. The molecule has 0 aliphatic heterocycles. The maximum atomic E-state index is 12.5. The summed E-state index contributed by atoms with van der Waals surface area (Å²) in [6.07, 6.45) is 0. The van der Waals surface area contributed by atoms with Gasteiger partial charge in [-0.3, -0.25) is 4.79 Å². The molecule has 1 aromatic rings. The molecule has 0 saturated heterocycles. The Morgan fingerprint density at radius 2 is 1.91 bits per heavy atom. The second kappa shape index (κ2) is 7.29. The molecule has 0 spiro atoms. The summed E-state index contributed by atoms with van der Waals surface area (Å²) in [5.41, 5.74) is -0.150. The van der Waals surface area contributed by atoms with Crippen molar-refractivity contribution in [3.8, 4) is 24.0 Å². The van der Waals surface area contributed by atoms with Gasteiger partial charge in [-0.25, -0.2) is 0 Å². The van der Waals surface area contributed by atoms with Crippen molar-refractivity contribution in [2.45, 2.75) is 26.2 Å². The zero-order valence-corrected chi connectivity index (χ0v) is 13.5. The van der Waals surface area contributed by atoms with Crippen LogP contribution in [-0.2, 0) is 14.9 Å². The lowest BCUT2D eigenvalue weighted by molar-refractivity contribution is -0.150. The predicted molar refractivity (Wildman–Crippen MR) is 81.1 cm³/mol. The van der Waals surface area contributed by atoms with Crippen LogP contribution >= 0.6 is 0 Å². The molecule has 0 amide bonds. The van der Waals surface area contributed by atoms with Crippen LogP contribution in [0, 0.1) is 46.8 Å². The number of esters is 1. The minimum Gasteiger partial charge on any atom is -0.495 e. The quantitative estimate of drug-likeness (QED) is 0.772. The predicted octanol–water partition coefficient (Wildman–Crippen LogP) is 2.36. The Balaban J connectivity index is 3.67. The first-order valence-corrected chi connectivity index (χ1v) is 6.96. The van der Waals surface area contributed by atoms with Crippen LogP contribution < -0.4 is 4.74 Å². The average molecular weight is 311 g/mol. The van der Waals surface area contributed by atoms with Crippen molar-refractivity contribution < 1.29 is 14.3 Å². The van der Waals surface area contributed by atoms with E-state index < -0.39 is 17.3 Å². The van der Waals surface area contributed by atoms with Gasteiger partial charge in [0.25, 0.3) is 0 Å². The molecule has 6 heteroatoms. The third-order valence-electron chi connectivity index (χ3n) is 3.77. The van der Waals surface area contributed by atoms with Crippen molar-refractivity contribution >= 4 is 5.97 Å². The number of carbonyl (C=O) groups is 1. The molecule has 0 N–H and O–H groups in total. The SMILES string of the molecule is CCOC(=O)C(C)(c1cc(C)c(C#N)c(OC)c1)C(C#N)C#N. The first-order valence-electron chi connectivity index (χ1n) is 6.96. The molecule has 23 heavy (non-hydrogen) atoms. The van der Waals surface area contributed by atoms with Gasteiger partial charge in [-0.2, -0.15) is 15.8 Å². The molecule has 0 radical (unpaired) electrons. The van der Waals surface area contributed by atoms with Crippen molar-refractivity contribution in [3.63, 3.8) is 0 Å². The van der Waals surface area contributed by atoms with E-state index in [1.54, 1.807) is 19.9 Å². The number of hydrogen-bond donors (Lipinski definition) is 0. The van der Waals surface area contributed by atoms with Crippen LogP contribution in [0.1, 0.15) is 30.5 Å². The number of ether oxygens (including phenoxy) is 2. The Kier molecular flexibility index (Phi) is 5.71. The normalized spacial score (nSPS) is 12.4. The van der Waals surface area contributed by atoms with Crippen molar-refractivity contribution in [2.24, 2.45) is 5.92 Å². The van der Waals surface area contributed by atoms with Gasteiger partial charge in [0, 0.05) is 0 Å². The highest BCUT2D eigenvalue weighted by atomic mass is 16.5. The van der Waals surface area contributed by atoms with Crippen molar-refractivity contribution in [1.29, 1.82) is 15.8 Å². The topological polar surface area (TPSA) is 107 Å². The fraction of sp³-hybridized carbons (Fsp3) is 0.412. The van der Waals surface area contributed by atoms with Crippen LogP contribution in [0.15, 0.2) is 12.1 Å². The van der Waals surface area contributed by atoms with Crippen molar-refractivity contribution in [2.75, 3.05) is 13.7 Å². The molecule has 1 aromatic carbocycles. The molecule has 1 unspecified atom stereocenters. The second-order valence-electron chi connectivity index (χ2n) is 5.10. The molecule has 0 bridgehead atoms. The lowest BCUT2D eigenvalue weighted by atomic mass is 9.72. The standard InChI is InChI=1S/C17H17N3O3/c1-5-23-16(21)17(3,13(8-18)9-19)12-6-11(2)14(10-20)15(7-12)22-4/h6-7,13H,5H2,1-4H3. The number of carbonyl (C=O) groups excluding carboxylic acids is 1. The lowest BCUT2D eigenvalue weighted by Crippen LogP contribution is -2.41. The number of methoxy groups -OCH3 is 1. The Morgan fingerprint density at radius 3 is 2.35 bits per heavy atom. The smallest absolute Gasteiger partial charge is 0.318 e. The van der Waals surface area contributed by atoms with Gasteiger partial charge in [-0.1, -0.05) is 6.07 Å². The van der Waals surface area contributed by atoms with Gasteiger partial charge in [0.05, 0.1) is 31.4 Å². The summed E-state index contributed by atoms with van der Waals surface area (Å²) in [4.78, 5) is 12.5. The van der Waals surface area contributed by atoms with Crippen LogP contribution in [0.25, 0.3) is 0 Å². The summed E-state index contributed by atoms with van der Waals surface area (Å²) in [6.45, 7) is 4.97. The monoisotopic (exact) mass is 311 g/mol. The van der Waals surface area contributed by atoms with Gasteiger partial charge in [0.15, 0.2) is 5.92 Å². The third kappa shape index (κ3) is 3.10. The summed E-state index contributed by atoms with van der Waals surface area (Å²) in [5.74, 6) is -1.62. The maximum absolute atomic E-state index is 12.5. The van der Waals surface area contributed by atoms with Gasteiger partial charge in [-0.15, -0.1) is 0 Å². The van der Waals surface area contributed by atoms with Gasteiger partial charge in [0.2, 0.25) is 0 Å². The summed E-state index contributed by atoms with van der Waals surface area (Å²) < 4.78 is 10.3. The highest BCUT2D eigenvalue weighted by Gasteiger charge is 2.46. The summed E-state index contributed by atoms with van der Waals surface area (Å²) >= 11 is 0. The summed E-state index contributed by atoms with van der Waals surface area (Å²) in [5, 5.41) is 27.7. The minimum absolute atomic E-state index is 0.129. The first kappa shape index (κ1) is 18.0. The number of hydrogen-bond acceptors (Lipinski definition) is 6. The minimum atomic E-state index is -1.48. The summed E-state index contributed by atoms with van der Waals surface area (Å²) in [6, 6.07) is 8.84. The molecule has 0 aliphatic rings. The van der Waals surface area contributed by atoms with Gasteiger partial charge in [-0.05, 0) is 38.0 Å². The zero-order chi connectivity index (χ0) is 17.6. The van der Waals surface area contributed by atoms with E-state index in [9.17, 15) is 20.6 Å². The van der Waals surface area contributed by atoms with Gasteiger partial charge in [0.1, 0.15) is 17.2 Å². The van der Waals surface area contributed by atoms with Gasteiger partial charge < -0.3 is 9.47 Å². The number of aryl methyl sites for hydroxylation is 1. The molecule has 0 heterocycles. The molecule has 0 fully saturated rings. The molecular weight excluding hydrogens is 294 g/mol. The Bertz CT molecular complexity index is 723. The van der Waals surface area contributed by atoms with Crippen LogP contribution in [0.5, 0.6) is 5.75 Å². The van der Waals surface area contributed by atoms with E-state index in [4.69, 9.17) is 9.47 Å². The lowest BCUT2D eigenvalue weighted by Gasteiger charge is -2.29. The van der Waals surface area contributed by atoms with E-state index in [0.29, 0.717) is 16.7 Å². The fourth-order valence-electron chi connectivity index (χ4n) is 2.33. The van der Waals surface area contributed by atoms with E-state index in [-0.39, 0.29) is 12.4 Å². The van der Waals surface area contributed by atoms with Crippen molar-refractivity contribution in [3.05, 3.63) is 28.8 Å². The van der Waals surface area contributed by atoms with Crippen LogP contribution in [0.2, 0.25) is 0 Å². The largest absolute Gasteiger partial charge is 0.495 e. The molecule has 1 atom stereocenters. The number of benzene rings is 1. The fourth-order valence-corrected chi connectivity index (χ4v) is 2.33.